The molecule has 5 amide bonds. The molecule has 0 bridgehead atoms. The number of rotatable bonds is 7. The molecule has 0 aromatic heterocycles. The number of alkyl carbamates (subject to hydrolysis) is 1. The number of hydrogen-bond acceptors (Lipinski definition) is 11. The summed E-state index contributed by atoms with van der Waals surface area (Å²) in [5.74, 6) is -4.24. The van der Waals surface area contributed by atoms with Crippen molar-refractivity contribution < 1.29 is 51.0 Å². The molecule has 1 saturated heterocycles. The second-order valence-corrected chi connectivity index (χ2v) is 18.1. The number of fused-ring (bicyclic) bond motifs is 2. The summed E-state index contributed by atoms with van der Waals surface area (Å²) in [6.45, 7) is 8.47. The Morgan fingerprint density at radius 2 is 1.81 bits per heavy atom. The summed E-state index contributed by atoms with van der Waals surface area (Å²) >= 11 is 0. The molecule has 3 heterocycles. The zero-order chi connectivity index (χ0) is 41.4. The second-order valence-electron chi connectivity index (χ2n) is 16.2. The lowest BCUT2D eigenvalue weighted by atomic mass is 9.95. The number of nitrogens with zero attached hydrogens (tertiary/aromatic N) is 4. The van der Waals surface area contributed by atoms with Crippen molar-refractivity contribution in [2.75, 3.05) is 7.05 Å². The van der Waals surface area contributed by atoms with Gasteiger partial charge in [0.2, 0.25) is 27.7 Å². The quantitative estimate of drug-likeness (QED) is 0.384. The average molecular weight is 813 g/mol. The molecule has 2 fully saturated rings. The number of allylic oxidation sites excluding steroid dienone is 2. The maximum Gasteiger partial charge on any atom is 0.412 e. The van der Waals surface area contributed by atoms with Gasteiger partial charge in [-0.1, -0.05) is 18.7 Å². The fourth-order valence-corrected chi connectivity index (χ4v) is 8.80. The highest BCUT2D eigenvalue weighted by Gasteiger charge is 2.49. The Morgan fingerprint density at radius 3 is 2.47 bits per heavy atom. The van der Waals surface area contributed by atoms with Crippen LogP contribution in [0.3, 0.4) is 0 Å². The molecule has 57 heavy (non-hydrogen) atoms. The highest BCUT2D eigenvalue weighted by atomic mass is 32.2. The monoisotopic (exact) mass is 812 g/mol. The first kappa shape index (κ1) is 41.5. The standard InChI is InChI=1S/C39H49FN6O10S/c1-6-33(48)44(5)24-11-10-22-16-29(22)41-19-31-26(36(50)43-57(53,54)25-12-13-25)18-34(49)46(31)35(15-14-32(47)30(17-24)42-37(51)56-39(2,3)4)55-38(52)45-20-23-8-7-9-28(40)27(23)21-45/h6-9,19,24-26,30-31,35H,1,10-18,20-21H2,2-5H3,(H,42,51)(H,43,50)/b41-19-/t24?,26-,30-,31+,35+/m0/s1. The van der Waals surface area contributed by atoms with E-state index in [1.807, 2.05) is 0 Å². The Bertz CT molecular complexity index is 2030. The molecule has 3 aliphatic heterocycles. The van der Waals surface area contributed by atoms with Crippen LogP contribution < -0.4 is 10.0 Å². The molecular weight excluding hydrogens is 764 g/mol. The number of sulfonamides is 1. The van der Waals surface area contributed by atoms with Crippen molar-refractivity contribution >= 4 is 51.9 Å². The van der Waals surface area contributed by atoms with E-state index >= 15 is 0 Å². The molecule has 18 heteroatoms. The Morgan fingerprint density at radius 1 is 1.07 bits per heavy atom. The van der Waals surface area contributed by atoms with Crippen LogP contribution in [0.5, 0.6) is 0 Å². The van der Waals surface area contributed by atoms with Gasteiger partial charge in [0.25, 0.3) is 0 Å². The number of carbonyl (C=O) groups excluding carboxylic acids is 6. The number of ketones is 1. The lowest BCUT2D eigenvalue weighted by Crippen LogP contribution is -2.51. The predicted molar refractivity (Wildman–Crippen MR) is 203 cm³/mol. The third-order valence-corrected chi connectivity index (χ3v) is 12.6. The molecule has 1 saturated carbocycles. The molecule has 0 radical (unpaired) electrons. The summed E-state index contributed by atoms with van der Waals surface area (Å²) in [5.41, 5.74) is 1.56. The van der Waals surface area contributed by atoms with Crippen LogP contribution in [0.4, 0.5) is 14.0 Å². The summed E-state index contributed by atoms with van der Waals surface area (Å²) in [5, 5.41) is 1.94. The third kappa shape index (κ3) is 9.88. The van der Waals surface area contributed by atoms with Gasteiger partial charge in [-0.2, -0.15) is 0 Å². The van der Waals surface area contributed by atoms with E-state index in [1.165, 1.54) is 28.1 Å². The molecular formula is C39H49FN6O10S. The molecule has 5 aliphatic rings. The van der Waals surface area contributed by atoms with E-state index in [1.54, 1.807) is 33.9 Å². The molecule has 2 aliphatic carbocycles. The van der Waals surface area contributed by atoms with Gasteiger partial charge in [-0.15, -0.1) is 0 Å². The summed E-state index contributed by atoms with van der Waals surface area (Å²) in [7, 11) is -2.42. The fourth-order valence-electron chi connectivity index (χ4n) is 7.44. The van der Waals surface area contributed by atoms with Crippen LogP contribution in [0, 0.1) is 11.7 Å². The zero-order valence-corrected chi connectivity index (χ0v) is 33.3. The highest BCUT2D eigenvalue weighted by Crippen LogP contribution is 2.38. The molecule has 16 nitrogen and oxygen atoms in total. The summed E-state index contributed by atoms with van der Waals surface area (Å²) < 4.78 is 53.9. The van der Waals surface area contributed by atoms with Gasteiger partial charge in [0.05, 0.1) is 29.8 Å². The van der Waals surface area contributed by atoms with Crippen molar-refractivity contribution in [1.29, 1.82) is 0 Å². The zero-order valence-electron chi connectivity index (χ0n) is 32.5. The Kier molecular flexibility index (Phi) is 11.9. The van der Waals surface area contributed by atoms with Crippen molar-refractivity contribution in [3.05, 3.63) is 59.1 Å². The van der Waals surface area contributed by atoms with Gasteiger partial charge in [-0.05, 0) is 76.2 Å². The predicted octanol–water partition coefficient (Wildman–Crippen LogP) is 3.60. The number of halogens is 1. The minimum atomic E-state index is -3.99. The Hall–Kier alpha value is -5.13. The van der Waals surface area contributed by atoms with Crippen molar-refractivity contribution in [3.63, 3.8) is 0 Å². The van der Waals surface area contributed by atoms with E-state index < -0.39 is 99.1 Å². The van der Waals surface area contributed by atoms with Crippen LogP contribution in [-0.4, -0.2) is 107 Å². The molecule has 1 aromatic rings. The lowest BCUT2D eigenvalue weighted by Gasteiger charge is -2.34. The summed E-state index contributed by atoms with van der Waals surface area (Å²) in [6.07, 6.45) is 0.270. The molecule has 1 unspecified atom stereocenters. The van der Waals surface area contributed by atoms with Crippen molar-refractivity contribution in [2.24, 2.45) is 10.9 Å². The topological polar surface area (TPSA) is 201 Å². The van der Waals surface area contributed by atoms with Crippen molar-refractivity contribution in [3.8, 4) is 0 Å². The van der Waals surface area contributed by atoms with Gasteiger partial charge in [-0.25, -0.2) is 22.4 Å². The number of aliphatic imine (C=N–C) groups is 1. The minimum Gasteiger partial charge on any atom is -0.444 e. The lowest BCUT2D eigenvalue weighted by molar-refractivity contribution is -0.140. The number of carbonyl (C=O) groups is 6. The van der Waals surface area contributed by atoms with Crippen LogP contribution in [0.15, 0.2) is 47.1 Å². The second kappa shape index (κ2) is 16.4. The number of nitrogens with one attached hydrogen (secondary N) is 2. The number of Topliss-reactive ketones (excluding diaryl/α,β-unsaturated/α-hetero) is 1. The van der Waals surface area contributed by atoms with Crippen molar-refractivity contribution in [2.45, 2.75) is 127 Å². The van der Waals surface area contributed by atoms with E-state index in [9.17, 15) is 41.6 Å². The van der Waals surface area contributed by atoms with E-state index in [0.717, 1.165) is 16.5 Å². The molecule has 1 aromatic carbocycles. The highest BCUT2D eigenvalue weighted by molar-refractivity contribution is 7.90. The third-order valence-electron chi connectivity index (χ3n) is 10.8. The van der Waals surface area contributed by atoms with Crippen LogP contribution >= 0.6 is 0 Å². The minimum absolute atomic E-state index is 0.00885. The molecule has 6 rings (SSSR count). The number of hydrogen-bond donors (Lipinski definition) is 2. The van der Waals surface area contributed by atoms with Gasteiger partial charge in [0, 0.05) is 62.8 Å². The first-order valence-corrected chi connectivity index (χ1v) is 20.6. The Labute approximate surface area is 330 Å². The molecule has 5 atom stereocenters. The van der Waals surface area contributed by atoms with Crippen LogP contribution in [-0.2, 0) is 51.8 Å². The molecule has 2 N–H and O–H groups in total. The first-order valence-electron chi connectivity index (χ1n) is 19.1. The van der Waals surface area contributed by atoms with Gasteiger partial charge in [0.15, 0.2) is 12.0 Å². The van der Waals surface area contributed by atoms with E-state index in [-0.39, 0.29) is 32.4 Å². The first-order chi connectivity index (χ1) is 26.8. The van der Waals surface area contributed by atoms with Crippen molar-refractivity contribution in [1.82, 2.24) is 24.7 Å². The van der Waals surface area contributed by atoms with Crippen LogP contribution in [0.1, 0.15) is 89.7 Å². The van der Waals surface area contributed by atoms with Gasteiger partial charge < -0.3 is 19.7 Å². The number of likely N-dealkylation sites (N-methyl/N-ethyl adjacent to an activating group) is 1. The number of benzene rings is 1. The maximum absolute atomic E-state index is 14.7. The van der Waals surface area contributed by atoms with Crippen LogP contribution in [0.25, 0.3) is 0 Å². The summed E-state index contributed by atoms with van der Waals surface area (Å²) in [6, 6.07) is 1.54. The average Bonchev–Trinajstić information content (AvgIpc) is 4.05. The SMILES string of the molecule is C=CC(=O)N(C)C1CCC2=C(C2)/N=C\[C@@H]2[C@@H](C(=O)NS(=O)(=O)C3CC3)CC(=O)N2[C@H](OC(=O)N2Cc3cccc(F)c3C2)CCC(=O)[C@@H](NC(=O)OC(C)(C)C)C1. The van der Waals surface area contributed by atoms with Gasteiger partial charge >= 0.3 is 12.2 Å². The fraction of sp³-hybridized carbons (Fsp3) is 0.564. The normalized spacial score (nSPS) is 25.9. The molecule has 0 spiro atoms. The Balaban J connectivity index is 1.35. The smallest absolute Gasteiger partial charge is 0.412 e. The van der Waals surface area contributed by atoms with E-state index in [2.05, 4.69) is 21.6 Å². The van der Waals surface area contributed by atoms with E-state index in [0.29, 0.717) is 48.9 Å². The summed E-state index contributed by atoms with van der Waals surface area (Å²) in [4.78, 5) is 90.0. The van der Waals surface area contributed by atoms with Gasteiger partial charge in [-0.3, -0.25) is 38.7 Å². The molecule has 308 valence electrons. The maximum atomic E-state index is 14.7. The number of amides is 5. The van der Waals surface area contributed by atoms with E-state index in [4.69, 9.17) is 9.47 Å². The van der Waals surface area contributed by atoms with Gasteiger partial charge in [0.1, 0.15) is 11.4 Å². The largest absolute Gasteiger partial charge is 0.444 e. The number of ether oxygens (including phenoxy) is 2. The van der Waals surface area contributed by atoms with Crippen LogP contribution in [0.2, 0.25) is 0 Å².